The Labute approximate surface area is 106 Å². The maximum absolute atomic E-state index is 11.8. The maximum Gasteiger partial charge on any atom is 0.223 e. The first kappa shape index (κ1) is 11.1. The minimum absolute atomic E-state index is 0.237. The third kappa shape index (κ3) is 2.21. The van der Waals surface area contributed by atoms with E-state index in [0.29, 0.717) is 5.92 Å². The van der Waals surface area contributed by atoms with Gasteiger partial charge in [0.25, 0.3) is 0 Å². The van der Waals surface area contributed by atoms with E-state index in [0.717, 1.165) is 31.6 Å². The van der Waals surface area contributed by atoms with Crippen molar-refractivity contribution in [3.63, 3.8) is 0 Å². The Morgan fingerprint density at radius 1 is 1.29 bits per heavy atom. The van der Waals surface area contributed by atoms with E-state index in [-0.39, 0.29) is 11.8 Å². The predicted molar refractivity (Wildman–Crippen MR) is 70.3 cm³/mol. The number of fused-ring (bicyclic) bond motifs is 1. The third-order valence-corrected chi connectivity index (χ3v) is 5.02. The number of carbonyl (C=O) groups is 1. The van der Waals surface area contributed by atoms with E-state index in [1.165, 1.54) is 10.5 Å². The minimum Gasteiger partial charge on any atom is -0.356 e. The van der Waals surface area contributed by atoms with Crippen LogP contribution >= 0.6 is 11.8 Å². The highest BCUT2D eigenvalue weighted by atomic mass is 32.2. The van der Waals surface area contributed by atoms with Crippen LogP contribution in [0, 0.1) is 5.92 Å². The van der Waals surface area contributed by atoms with E-state index < -0.39 is 0 Å². The van der Waals surface area contributed by atoms with Gasteiger partial charge in [-0.05, 0) is 36.8 Å². The summed E-state index contributed by atoms with van der Waals surface area (Å²) in [5.74, 6) is 2.22. The fourth-order valence-corrected chi connectivity index (χ4v) is 4.10. The molecule has 3 rings (SSSR count). The molecule has 1 saturated heterocycles. The summed E-state index contributed by atoms with van der Waals surface area (Å²) in [6.07, 6.45) is 3.23. The zero-order chi connectivity index (χ0) is 11.7. The number of piperidine rings is 1. The SMILES string of the molecule is O=C1NCCCC1CC1CSc2ccccc21. The molecule has 0 spiro atoms. The smallest absolute Gasteiger partial charge is 0.223 e. The molecule has 1 N–H and O–H groups in total. The molecule has 2 atom stereocenters. The van der Waals surface area contributed by atoms with Gasteiger partial charge in [-0.2, -0.15) is 0 Å². The highest BCUT2D eigenvalue weighted by molar-refractivity contribution is 7.99. The van der Waals surface area contributed by atoms with Gasteiger partial charge in [0, 0.05) is 23.1 Å². The van der Waals surface area contributed by atoms with Crippen LogP contribution < -0.4 is 5.32 Å². The first-order chi connectivity index (χ1) is 8.34. The van der Waals surface area contributed by atoms with E-state index in [1.54, 1.807) is 0 Å². The van der Waals surface area contributed by atoms with Crippen molar-refractivity contribution in [2.45, 2.75) is 30.1 Å². The van der Waals surface area contributed by atoms with Crippen LogP contribution in [-0.2, 0) is 4.79 Å². The molecule has 0 bridgehead atoms. The molecule has 0 aliphatic carbocycles. The lowest BCUT2D eigenvalue weighted by atomic mass is 9.86. The summed E-state index contributed by atoms with van der Waals surface area (Å²) >= 11 is 1.93. The average molecular weight is 247 g/mol. The Bertz CT molecular complexity index is 432. The van der Waals surface area contributed by atoms with E-state index in [4.69, 9.17) is 0 Å². The van der Waals surface area contributed by atoms with Crippen molar-refractivity contribution >= 4 is 17.7 Å². The Morgan fingerprint density at radius 3 is 3.06 bits per heavy atom. The molecule has 1 amide bonds. The van der Waals surface area contributed by atoms with Crippen LogP contribution in [0.3, 0.4) is 0 Å². The van der Waals surface area contributed by atoms with Gasteiger partial charge in [-0.1, -0.05) is 18.2 Å². The van der Waals surface area contributed by atoms with Crippen LogP contribution in [0.4, 0.5) is 0 Å². The molecule has 0 radical (unpaired) electrons. The second kappa shape index (κ2) is 4.73. The summed E-state index contributed by atoms with van der Waals surface area (Å²) in [4.78, 5) is 13.2. The molecule has 2 heterocycles. The molecule has 0 saturated carbocycles. The maximum atomic E-state index is 11.8. The van der Waals surface area contributed by atoms with Gasteiger partial charge < -0.3 is 5.32 Å². The Balaban J connectivity index is 1.72. The second-order valence-corrected chi connectivity index (χ2v) is 5.97. The number of benzene rings is 1. The van der Waals surface area contributed by atoms with Crippen molar-refractivity contribution < 1.29 is 4.79 Å². The summed E-state index contributed by atoms with van der Waals surface area (Å²) in [5.41, 5.74) is 1.45. The summed E-state index contributed by atoms with van der Waals surface area (Å²) in [6, 6.07) is 8.63. The Hall–Kier alpha value is -0.960. The van der Waals surface area contributed by atoms with Crippen LogP contribution in [0.2, 0.25) is 0 Å². The summed E-state index contributed by atoms with van der Waals surface area (Å²) < 4.78 is 0. The van der Waals surface area contributed by atoms with Crippen molar-refractivity contribution in [3.8, 4) is 0 Å². The van der Waals surface area contributed by atoms with Gasteiger partial charge in [-0.15, -0.1) is 11.8 Å². The van der Waals surface area contributed by atoms with Gasteiger partial charge in [-0.25, -0.2) is 0 Å². The summed E-state index contributed by atoms with van der Waals surface area (Å²) in [6.45, 7) is 0.866. The normalized spacial score (nSPS) is 27.6. The lowest BCUT2D eigenvalue weighted by Crippen LogP contribution is -2.37. The number of nitrogens with one attached hydrogen (secondary N) is 1. The molecule has 0 aromatic heterocycles. The van der Waals surface area contributed by atoms with Crippen LogP contribution in [0.1, 0.15) is 30.7 Å². The number of rotatable bonds is 2. The molecule has 1 aromatic carbocycles. The standard InChI is InChI=1S/C14H17NOS/c16-14-10(4-3-7-15-14)8-11-9-17-13-6-2-1-5-12(11)13/h1-2,5-6,10-11H,3-4,7-9H2,(H,15,16). The molecule has 2 nitrogen and oxygen atoms in total. The average Bonchev–Trinajstić information content (AvgIpc) is 2.76. The van der Waals surface area contributed by atoms with Crippen molar-refractivity contribution in [1.29, 1.82) is 0 Å². The predicted octanol–water partition coefficient (Wildman–Crippen LogP) is 2.79. The quantitative estimate of drug-likeness (QED) is 0.870. The van der Waals surface area contributed by atoms with Gasteiger partial charge in [0.15, 0.2) is 0 Å². The molecule has 2 aliphatic rings. The van der Waals surface area contributed by atoms with Gasteiger partial charge in [0.2, 0.25) is 5.91 Å². The largest absolute Gasteiger partial charge is 0.356 e. The van der Waals surface area contributed by atoms with Crippen LogP contribution in [0.25, 0.3) is 0 Å². The van der Waals surface area contributed by atoms with E-state index in [9.17, 15) is 4.79 Å². The highest BCUT2D eigenvalue weighted by Crippen LogP contribution is 2.43. The first-order valence-corrected chi connectivity index (χ1v) is 7.32. The number of hydrogen-bond acceptors (Lipinski definition) is 2. The Kier molecular flexibility index (Phi) is 3.10. The zero-order valence-corrected chi connectivity index (χ0v) is 10.6. The van der Waals surface area contributed by atoms with Crippen molar-refractivity contribution in [2.24, 2.45) is 5.92 Å². The molecule has 1 fully saturated rings. The monoisotopic (exact) mass is 247 g/mol. The summed E-state index contributed by atoms with van der Waals surface area (Å²) in [7, 11) is 0. The van der Waals surface area contributed by atoms with E-state index >= 15 is 0 Å². The van der Waals surface area contributed by atoms with Crippen molar-refractivity contribution in [3.05, 3.63) is 29.8 Å². The van der Waals surface area contributed by atoms with Gasteiger partial charge in [0.1, 0.15) is 0 Å². The molecular formula is C14H17NOS. The Morgan fingerprint density at radius 2 is 2.18 bits per heavy atom. The molecule has 1 aromatic rings. The topological polar surface area (TPSA) is 29.1 Å². The molecule has 2 aliphatic heterocycles. The highest BCUT2D eigenvalue weighted by Gasteiger charge is 2.29. The van der Waals surface area contributed by atoms with Crippen molar-refractivity contribution in [1.82, 2.24) is 5.32 Å². The lowest BCUT2D eigenvalue weighted by molar-refractivity contribution is -0.126. The van der Waals surface area contributed by atoms with E-state index in [1.807, 2.05) is 11.8 Å². The van der Waals surface area contributed by atoms with Crippen molar-refractivity contribution in [2.75, 3.05) is 12.3 Å². The number of thioether (sulfide) groups is 1. The van der Waals surface area contributed by atoms with Gasteiger partial charge >= 0.3 is 0 Å². The number of carbonyl (C=O) groups excluding carboxylic acids is 1. The number of amides is 1. The first-order valence-electron chi connectivity index (χ1n) is 6.34. The van der Waals surface area contributed by atoms with Crippen LogP contribution in [0.15, 0.2) is 29.2 Å². The third-order valence-electron chi connectivity index (χ3n) is 3.77. The number of hydrogen-bond donors (Lipinski definition) is 1. The molecule has 17 heavy (non-hydrogen) atoms. The zero-order valence-electron chi connectivity index (χ0n) is 9.82. The molecule has 2 unspecified atom stereocenters. The van der Waals surface area contributed by atoms with Gasteiger partial charge in [0.05, 0.1) is 0 Å². The van der Waals surface area contributed by atoms with E-state index in [2.05, 4.69) is 29.6 Å². The fourth-order valence-electron chi connectivity index (χ4n) is 2.83. The van der Waals surface area contributed by atoms with Gasteiger partial charge in [-0.3, -0.25) is 4.79 Å². The second-order valence-electron chi connectivity index (χ2n) is 4.91. The molecular weight excluding hydrogens is 230 g/mol. The molecule has 3 heteroatoms. The fraction of sp³-hybridized carbons (Fsp3) is 0.500. The summed E-state index contributed by atoms with van der Waals surface area (Å²) in [5, 5.41) is 2.98. The lowest BCUT2D eigenvalue weighted by Gasteiger charge is -2.24. The minimum atomic E-state index is 0.237. The molecule has 90 valence electrons. The van der Waals surface area contributed by atoms with Crippen LogP contribution in [0.5, 0.6) is 0 Å². The van der Waals surface area contributed by atoms with Crippen LogP contribution in [-0.4, -0.2) is 18.2 Å².